The molecule has 0 aromatic heterocycles. The minimum Gasteiger partial charge on any atom is -0.312 e. The molecule has 4 heteroatoms. The molecule has 0 saturated heterocycles. The Balaban J connectivity index is 2.42. The number of hydrogen-bond acceptors (Lipinski definition) is 3. The van der Waals surface area contributed by atoms with E-state index in [-0.39, 0.29) is 0 Å². The van der Waals surface area contributed by atoms with Gasteiger partial charge in [0.1, 0.15) is 5.84 Å². The third-order valence-electron chi connectivity index (χ3n) is 2.09. The second-order valence-corrected chi connectivity index (χ2v) is 3.41. The Kier molecular flexibility index (Phi) is 2.20. The first-order valence-corrected chi connectivity index (χ1v) is 4.50. The normalized spacial score (nSPS) is 14.8. The molecule has 1 aliphatic heterocycles. The molecule has 3 N–H and O–H groups in total. The van der Waals surface area contributed by atoms with Crippen molar-refractivity contribution in [3.63, 3.8) is 0 Å². The lowest BCUT2D eigenvalue weighted by molar-refractivity contribution is 0.907. The molecule has 0 radical (unpaired) electrons. The van der Waals surface area contributed by atoms with Crippen molar-refractivity contribution in [2.24, 2.45) is 10.8 Å². The standard InChI is InChI=1S/C9H10ClN3/c10-7-2-3-8-6(5-7)1-4-9(12-8)13-11/h2-3,5H,1,4,11H2,(H,12,13). The average Bonchev–Trinajstić information content (AvgIpc) is 2.17. The summed E-state index contributed by atoms with van der Waals surface area (Å²) < 4.78 is 0. The Morgan fingerprint density at radius 2 is 2.23 bits per heavy atom. The molecule has 0 spiro atoms. The Morgan fingerprint density at radius 1 is 1.38 bits per heavy atom. The topological polar surface area (TPSA) is 50.4 Å². The minimum absolute atomic E-state index is 0.762. The molecule has 1 aliphatic rings. The van der Waals surface area contributed by atoms with E-state index in [9.17, 15) is 0 Å². The zero-order valence-corrected chi connectivity index (χ0v) is 7.80. The third-order valence-corrected chi connectivity index (χ3v) is 2.33. The van der Waals surface area contributed by atoms with Crippen LogP contribution in [0.1, 0.15) is 12.0 Å². The van der Waals surface area contributed by atoms with Gasteiger partial charge < -0.3 is 5.43 Å². The van der Waals surface area contributed by atoms with Crippen LogP contribution in [0.15, 0.2) is 23.2 Å². The van der Waals surface area contributed by atoms with Crippen molar-refractivity contribution >= 4 is 23.1 Å². The number of hydrazine groups is 1. The van der Waals surface area contributed by atoms with Crippen LogP contribution in [0.5, 0.6) is 0 Å². The van der Waals surface area contributed by atoms with Crippen LogP contribution in [-0.4, -0.2) is 5.84 Å². The molecule has 0 saturated carbocycles. The van der Waals surface area contributed by atoms with E-state index in [2.05, 4.69) is 10.4 Å². The second kappa shape index (κ2) is 3.36. The highest BCUT2D eigenvalue weighted by Crippen LogP contribution is 2.27. The zero-order valence-electron chi connectivity index (χ0n) is 7.05. The van der Waals surface area contributed by atoms with Gasteiger partial charge in [0.25, 0.3) is 0 Å². The maximum absolute atomic E-state index is 5.86. The first-order chi connectivity index (χ1) is 6.29. The Hall–Kier alpha value is -1.06. The van der Waals surface area contributed by atoms with Gasteiger partial charge in [-0.1, -0.05) is 11.6 Å². The van der Waals surface area contributed by atoms with Gasteiger partial charge in [-0.15, -0.1) is 0 Å². The number of fused-ring (bicyclic) bond motifs is 1. The molecule has 0 fully saturated rings. The van der Waals surface area contributed by atoms with Gasteiger partial charge in [0.2, 0.25) is 0 Å². The largest absolute Gasteiger partial charge is 0.312 e. The number of nitrogens with zero attached hydrogens (tertiary/aromatic N) is 1. The van der Waals surface area contributed by atoms with E-state index in [1.807, 2.05) is 18.2 Å². The molecular weight excluding hydrogens is 186 g/mol. The van der Waals surface area contributed by atoms with Crippen LogP contribution in [0, 0.1) is 0 Å². The molecule has 3 nitrogen and oxygen atoms in total. The summed E-state index contributed by atoms with van der Waals surface area (Å²) in [4.78, 5) is 4.33. The van der Waals surface area contributed by atoms with Crippen LogP contribution in [0.3, 0.4) is 0 Å². The van der Waals surface area contributed by atoms with E-state index in [0.717, 1.165) is 29.4 Å². The number of nitrogens with one attached hydrogen (secondary N) is 1. The van der Waals surface area contributed by atoms with E-state index < -0.39 is 0 Å². The number of halogens is 1. The summed E-state index contributed by atoms with van der Waals surface area (Å²) in [6.07, 6.45) is 1.79. The van der Waals surface area contributed by atoms with Gasteiger partial charge in [-0.05, 0) is 30.2 Å². The summed E-state index contributed by atoms with van der Waals surface area (Å²) in [6.45, 7) is 0. The van der Waals surface area contributed by atoms with Crippen LogP contribution in [0.2, 0.25) is 5.02 Å². The lowest BCUT2D eigenvalue weighted by Gasteiger charge is -2.14. The highest BCUT2D eigenvalue weighted by atomic mass is 35.5. The number of aryl methyl sites for hydroxylation is 1. The maximum Gasteiger partial charge on any atom is 0.116 e. The maximum atomic E-state index is 5.86. The quantitative estimate of drug-likeness (QED) is 0.490. The Labute approximate surface area is 81.6 Å². The molecule has 0 unspecified atom stereocenters. The first kappa shape index (κ1) is 8.53. The summed E-state index contributed by atoms with van der Waals surface area (Å²) in [5, 5.41) is 0.762. The molecule has 2 rings (SSSR count). The van der Waals surface area contributed by atoms with Gasteiger partial charge in [0.05, 0.1) is 5.69 Å². The predicted molar refractivity (Wildman–Crippen MR) is 54.2 cm³/mol. The summed E-state index contributed by atoms with van der Waals surface area (Å²) in [5.74, 6) is 6.11. The number of aliphatic imine (C=N–C) groups is 1. The molecule has 0 aliphatic carbocycles. The summed E-state index contributed by atoms with van der Waals surface area (Å²) in [7, 11) is 0. The molecule has 1 heterocycles. The highest BCUT2D eigenvalue weighted by molar-refractivity contribution is 6.30. The SMILES string of the molecule is NNC1=Nc2ccc(Cl)cc2CC1. The van der Waals surface area contributed by atoms with E-state index >= 15 is 0 Å². The predicted octanol–water partition coefficient (Wildman–Crippen LogP) is 1.78. The second-order valence-electron chi connectivity index (χ2n) is 2.98. The molecule has 1 aromatic carbocycles. The van der Waals surface area contributed by atoms with Gasteiger partial charge >= 0.3 is 0 Å². The van der Waals surface area contributed by atoms with E-state index in [4.69, 9.17) is 17.4 Å². The third kappa shape index (κ3) is 1.66. The van der Waals surface area contributed by atoms with Gasteiger partial charge in [0, 0.05) is 11.4 Å². The van der Waals surface area contributed by atoms with Crippen LogP contribution in [-0.2, 0) is 6.42 Å². The molecule has 0 atom stereocenters. The van der Waals surface area contributed by atoms with Crippen molar-refractivity contribution in [1.82, 2.24) is 5.43 Å². The fourth-order valence-electron chi connectivity index (χ4n) is 1.42. The fraction of sp³-hybridized carbons (Fsp3) is 0.222. The Morgan fingerprint density at radius 3 is 3.00 bits per heavy atom. The number of nitrogens with two attached hydrogens (primary N) is 1. The molecule has 0 amide bonds. The molecule has 1 aromatic rings. The minimum atomic E-state index is 0.762. The Bertz CT molecular complexity index is 360. The number of hydrogen-bond donors (Lipinski definition) is 2. The zero-order chi connectivity index (χ0) is 9.26. The smallest absolute Gasteiger partial charge is 0.116 e. The van der Waals surface area contributed by atoms with Crippen LogP contribution >= 0.6 is 11.6 Å². The van der Waals surface area contributed by atoms with Gasteiger partial charge in [-0.2, -0.15) is 0 Å². The number of rotatable bonds is 0. The van der Waals surface area contributed by atoms with Crippen LogP contribution in [0.25, 0.3) is 0 Å². The number of benzene rings is 1. The summed E-state index contributed by atoms with van der Waals surface area (Å²) in [5.41, 5.74) is 4.72. The van der Waals surface area contributed by atoms with Gasteiger partial charge in [-0.3, -0.25) is 0 Å². The van der Waals surface area contributed by atoms with E-state index in [1.165, 1.54) is 5.56 Å². The van der Waals surface area contributed by atoms with Crippen molar-refractivity contribution < 1.29 is 0 Å². The van der Waals surface area contributed by atoms with Crippen molar-refractivity contribution in [1.29, 1.82) is 0 Å². The van der Waals surface area contributed by atoms with Gasteiger partial charge in [-0.25, -0.2) is 10.8 Å². The molecule has 0 bridgehead atoms. The van der Waals surface area contributed by atoms with Crippen molar-refractivity contribution in [2.75, 3.05) is 0 Å². The summed E-state index contributed by atoms with van der Waals surface area (Å²) >= 11 is 5.86. The lowest BCUT2D eigenvalue weighted by Crippen LogP contribution is -2.31. The van der Waals surface area contributed by atoms with E-state index in [1.54, 1.807) is 0 Å². The molecule has 13 heavy (non-hydrogen) atoms. The van der Waals surface area contributed by atoms with Crippen LogP contribution in [0.4, 0.5) is 5.69 Å². The molecular formula is C9H10ClN3. The van der Waals surface area contributed by atoms with Crippen molar-refractivity contribution in [3.8, 4) is 0 Å². The van der Waals surface area contributed by atoms with E-state index in [0.29, 0.717) is 0 Å². The number of amidine groups is 1. The fourth-order valence-corrected chi connectivity index (χ4v) is 1.62. The van der Waals surface area contributed by atoms with Crippen molar-refractivity contribution in [3.05, 3.63) is 28.8 Å². The average molecular weight is 196 g/mol. The molecule has 68 valence electrons. The van der Waals surface area contributed by atoms with Crippen molar-refractivity contribution in [2.45, 2.75) is 12.8 Å². The lowest BCUT2D eigenvalue weighted by atomic mass is 10.0. The van der Waals surface area contributed by atoms with Crippen LogP contribution < -0.4 is 11.3 Å². The monoisotopic (exact) mass is 195 g/mol. The van der Waals surface area contributed by atoms with Gasteiger partial charge in [0.15, 0.2) is 0 Å². The highest BCUT2D eigenvalue weighted by Gasteiger charge is 2.10. The first-order valence-electron chi connectivity index (χ1n) is 4.12. The summed E-state index contributed by atoms with van der Waals surface area (Å²) in [6, 6.07) is 5.70.